The minimum Gasteiger partial charge on any atom is -0.468 e. The number of rotatable bonds is 3. The van der Waals surface area contributed by atoms with Gasteiger partial charge in [-0.05, 0) is 43.8 Å². The van der Waals surface area contributed by atoms with Gasteiger partial charge in [0.05, 0.1) is 13.2 Å². The molecule has 1 saturated carbocycles. The number of methoxy groups -OCH3 is 1. The predicted octanol–water partition coefficient (Wildman–Crippen LogP) is 3.87. The Morgan fingerprint density at radius 3 is 2.48 bits per heavy atom. The highest BCUT2D eigenvalue weighted by atomic mass is 28.4. The van der Waals surface area contributed by atoms with Crippen molar-refractivity contribution in [3.05, 3.63) is 11.6 Å². The molecule has 130 valence electrons. The second-order valence-electron chi connectivity index (χ2n) is 8.54. The maximum atomic E-state index is 12.8. The number of ketones is 1. The van der Waals surface area contributed by atoms with Crippen LogP contribution in [-0.4, -0.2) is 33.3 Å². The van der Waals surface area contributed by atoms with Gasteiger partial charge in [0.15, 0.2) is 19.5 Å². The van der Waals surface area contributed by atoms with Crippen molar-refractivity contribution in [2.45, 2.75) is 71.2 Å². The summed E-state index contributed by atoms with van der Waals surface area (Å²) in [6.45, 7) is 12.9. The largest absolute Gasteiger partial charge is 0.468 e. The van der Waals surface area contributed by atoms with Gasteiger partial charge in [0.2, 0.25) is 0 Å². The Labute approximate surface area is 140 Å². The average molecular weight is 339 g/mol. The normalized spacial score (nSPS) is 31.6. The van der Waals surface area contributed by atoms with E-state index in [-0.39, 0.29) is 16.7 Å². The second kappa shape index (κ2) is 5.85. The summed E-state index contributed by atoms with van der Waals surface area (Å²) in [5, 5.41) is 0.0145. The van der Waals surface area contributed by atoms with E-state index in [1.165, 1.54) is 12.7 Å². The van der Waals surface area contributed by atoms with Gasteiger partial charge in [-0.2, -0.15) is 0 Å². The molecular formula is C18H30O4Si. The number of hydrogen-bond donors (Lipinski definition) is 0. The van der Waals surface area contributed by atoms with Crippen LogP contribution in [0.2, 0.25) is 18.1 Å². The molecule has 0 aromatic carbocycles. The van der Waals surface area contributed by atoms with E-state index >= 15 is 0 Å². The Morgan fingerprint density at radius 2 is 1.96 bits per heavy atom. The molecule has 0 spiro atoms. The number of allylic oxidation sites excluding steroid dienone is 1. The zero-order valence-corrected chi connectivity index (χ0v) is 16.5. The van der Waals surface area contributed by atoms with E-state index in [9.17, 15) is 9.59 Å². The first-order valence-corrected chi connectivity index (χ1v) is 11.3. The summed E-state index contributed by atoms with van der Waals surface area (Å²) in [5.74, 6) is -0.429. The van der Waals surface area contributed by atoms with Crippen molar-refractivity contribution in [3.63, 3.8) is 0 Å². The van der Waals surface area contributed by atoms with Gasteiger partial charge in [-0.25, -0.2) is 0 Å². The molecule has 3 atom stereocenters. The molecule has 5 heteroatoms. The monoisotopic (exact) mass is 338 g/mol. The fourth-order valence-corrected chi connectivity index (χ4v) is 4.90. The van der Waals surface area contributed by atoms with Crippen LogP contribution in [0.15, 0.2) is 11.6 Å². The molecule has 4 nitrogen and oxygen atoms in total. The lowest BCUT2D eigenvalue weighted by atomic mass is 9.66. The second-order valence-corrected chi connectivity index (χ2v) is 13.3. The molecule has 23 heavy (non-hydrogen) atoms. The lowest BCUT2D eigenvalue weighted by Crippen LogP contribution is -2.57. The number of carbonyl (C=O) groups is 2. The van der Waals surface area contributed by atoms with Gasteiger partial charge in [-0.15, -0.1) is 0 Å². The lowest BCUT2D eigenvalue weighted by Gasteiger charge is -2.46. The first-order chi connectivity index (χ1) is 10.5. The molecule has 1 fully saturated rings. The van der Waals surface area contributed by atoms with Crippen LogP contribution in [0.3, 0.4) is 0 Å². The molecule has 0 aliphatic heterocycles. The van der Waals surface area contributed by atoms with E-state index in [1.54, 1.807) is 0 Å². The fraction of sp³-hybridized carbons (Fsp3) is 0.778. The molecule has 0 bridgehead atoms. The minimum absolute atomic E-state index is 0.00205. The maximum Gasteiger partial charge on any atom is 0.322 e. The molecule has 2 aliphatic rings. The van der Waals surface area contributed by atoms with Gasteiger partial charge in [0.25, 0.3) is 0 Å². The van der Waals surface area contributed by atoms with Gasteiger partial charge in [0.1, 0.15) is 0 Å². The van der Waals surface area contributed by atoms with Crippen LogP contribution in [0.25, 0.3) is 0 Å². The number of esters is 1. The number of ether oxygens (including phenoxy) is 1. The molecule has 2 aliphatic carbocycles. The predicted molar refractivity (Wildman–Crippen MR) is 92.6 cm³/mol. The summed E-state index contributed by atoms with van der Waals surface area (Å²) in [6.07, 6.45) is 3.47. The highest BCUT2D eigenvalue weighted by Crippen LogP contribution is 2.53. The maximum absolute atomic E-state index is 12.8. The summed E-state index contributed by atoms with van der Waals surface area (Å²) >= 11 is 0. The molecule has 0 aromatic heterocycles. The quantitative estimate of drug-likeness (QED) is 0.339. The Bertz CT molecular complexity index is 544. The third-order valence-electron chi connectivity index (χ3n) is 6.03. The smallest absolute Gasteiger partial charge is 0.322 e. The molecule has 0 amide bonds. The van der Waals surface area contributed by atoms with Crippen molar-refractivity contribution in [2.75, 3.05) is 7.11 Å². The summed E-state index contributed by atoms with van der Waals surface area (Å²) in [5.41, 5.74) is 0.0667. The molecule has 0 saturated heterocycles. The van der Waals surface area contributed by atoms with Crippen molar-refractivity contribution in [1.29, 1.82) is 0 Å². The number of carbonyl (C=O) groups excluding carboxylic acids is 2. The van der Waals surface area contributed by atoms with E-state index in [0.717, 1.165) is 12.8 Å². The summed E-state index contributed by atoms with van der Waals surface area (Å²) in [4.78, 5) is 25.5. The highest BCUT2D eigenvalue weighted by Gasteiger charge is 2.63. The van der Waals surface area contributed by atoms with Crippen molar-refractivity contribution in [2.24, 2.45) is 11.3 Å². The molecule has 0 heterocycles. The minimum atomic E-state index is -2.12. The van der Waals surface area contributed by atoms with E-state index in [4.69, 9.17) is 9.16 Å². The van der Waals surface area contributed by atoms with Crippen molar-refractivity contribution < 1.29 is 18.8 Å². The van der Waals surface area contributed by atoms with Gasteiger partial charge < -0.3 is 9.16 Å². The van der Waals surface area contributed by atoms with Gasteiger partial charge >= 0.3 is 5.97 Å². The van der Waals surface area contributed by atoms with E-state index in [0.29, 0.717) is 6.42 Å². The van der Waals surface area contributed by atoms with E-state index in [1.807, 2.05) is 6.08 Å². The molecule has 0 unspecified atom stereocenters. The van der Waals surface area contributed by atoms with Crippen molar-refractivity contribution in [3.8, 4) is 0 Å². The van der Waals surface area contributed by atoms with Crippen LogP contribution in [0.5, 0.6) is 0 Å². The number of hydrogen-bond acceptors (Lipinski definition) is 4. The summed E-state index contributed by atoms with van der Waals surface area (Å²) in [6, 6.07) is 0. The average Bonchev–Trinajstić information content (AvgIpc) is 2.74. The molecule has 2 rings (SSSR count). The SMILES string of the molecule is COC(=O)[C@@]12C(=O)CC[C@@H]1CC(C)=C[C@H]2O[Si](C)(C)C(C)(C)C. The zero-order chi connectivity index (χ0) is 17.6. The number of fused-ring (bicyclic) bond motifs is 1. The van der Waals surface area contributed by atoms with Crippen LogP contribution in [0.4, 0.5) is 0 Å². The van der Waals surface area contributed by atoms with E-state index < -0.39 is 25.8 Å². The zero-order valence-electron chi connectivity index (χ0n) is 15.5. The van der Waals surface area contributed by atoms with Crippen molar-refractivity contribution in [1.82, 2.24) is 0 Å². The third-order valence-corrected chi connectivity index (χ3v) is 10.5. The Morgan fingerprint density at radius 1 is 1.35 bits per heavy atom. The van der Waals surface area contributed by atoms with Gasteiger partial charge in [0, 0.05) is 6.42 Å². The Hall–Kier alpha value is -0.943. The summed E-state index contributed by atoms with van der Waals surface area (Å²) in [7, 11) is -0.752. The standard InChI is InChI=1S/C18H30O4Si/c1-12-10-13-8-9-14(19)18(13,16(20)21-5)15(11-12)22-23(6,7)17(2,3)4/h11,13,15H,8-10H2,1-7H3/t13-,15-,18-/m1/s1. The van der Waals surface area contributed by atoms with Crippen LogP contribution in [0.1, 0.15) is 47.0 Å². The first kappa shape index (κ1) is 18.4. The molecular weight excluding hydrogens is 308 g/mol. The molecule has 0 aromatic rings. The number of Topliss-reactive ketones (excluding diaryl/α,β-unsaturated/α-hetero) is 1. The Balaban J connectivity index is 2.51. The van der Waals surface area contributed by atoms with E-state index in [2.05, 4.69) is 40.8 Å². The van der Waals surface area contributed by atoms with Crippen LogP contribution < -0.4 is 0 Å². The fourth-order valence-electron chi connectivity index (χ4n) is 3.65. The molecule has 0 radical (unpaired) electrons. The first-order valence-electron chi connectivity index (χ1n) is 8.43. The van der Waals surface area contributed by atoms with Gasteiger partial charge in [-0.3, -0.25) is 9.59 Å². The van der Waals surface area contributed by atoms with Crippen molar-refractivity contribution >= 4 is 20.1 Å². The lowest BCUT2D eigenvalue weighted by molar-refractivity contribution is -0.166. The highest BCUT2D eigenvalue weighted by molar-refractivity contribution is 6.74. The topological polar surface area (TPSA) is 52.6 Å². The van der Waals surface area contributed by atoms with Crippen LogP contribution in [0, 0.1) is 11.3 Å². The van der Waals surface area contributed by atoms with Crippen LogP contribution in [-0.2, 0) is 18.8 Å². The third kappa shape index (κ3) is 2.82. The van der Waals surface area contributed by atoms with Crippen LogP contribution >= 0.6 is 0 Å². The Kier molecular flexibility index (Phi) is 4.68. The summed E-state index contributed by atoms with van der Waals surface area (Å²) < 4.78 is 11.6. The van der Waals surface area contributed by atoms with Gasteiger partial charge in [-0.1, -0.05) is 32.4 Å². The molecule has 0 N–H and O–H groups in total.